The third-order valence-corrected chi connectivity index (χ3v) is 3.73. The Morgan fingerprint density at radius 3 is 2.56 bits per heavy atom. The molecule has 3 rings (SSSR count). The summed E-state index contributed by atoms with van der Waals surface area (Å²) in [5, 5.41) is 0.330. The van der Waals surface area contributed by atoms with Crippen LogP contribution < -0.4 is 25.4 Å². The molecule has 0 fully saturated rings. The van der Waals surface area contributed by atoms with Gasteiger partial charge in [-0.25, -0.2) is 0 Å². The highest BCUT2D eigenvalue weighted by Gasteiger charge is 2.16. The Balaban J connectivity index is 1.99. The van der Waals surface area contributed by atoms with Crippen molar-refractivity contribution in [2.75, 3.05) is 13.2 Å². The summed E-state index contributed by atoms with van der Waals surface area (Å²) in [7, 11) is 0. The first kappa shape index (κ1) is 18.3. The highest BCUT2D eigenvalue weighted by Crippen LogP contribution is 2.32. The van der Waals surface area contributed by atoms with Crippen LogP contribution in [0.4, 0.5) is 0 Å². The number of carbonyl (C=O) groups is 1. The van der Waals surface area contributed by atoms with Gasteiger partial charge < -0.3 is 24.4 Å². The molecule has 1 heterocycles. The molecule has 1 amide bonds. The molecule has 0 saturated carbocycles. The van der Waals surface area contributed by atoms with Gasteiger partial charge in [0.2, 0.25) is 11.2 Å². The Bertz CT molecular complexity index is 1040. The van der Waals surface area contributed by atoms with Crippen LogP contribution in [0.5, 0.6) is 23.0 Å². The standard InChI is InChI=1S/C20H19NO6/c1-3-24-15-6-4-5-7-16(15)27-20-12(2)26-17-10-13(25-11-18(21)22)8-9-14(17)19(20)23/h4-10H,3,11H2,1-2H3,(H2,21,22). The van der Waals surface area contributed by atoms with Crippen molar-refractivity contribution in [1.29, 1.82) is 0 Å². The maximum absolute atomic E-state index is 12.9. The Morgan fingerprint density at radius 2 is 1.85 bits per heavy atom. The lowest BCUT2D eigenvalue weighted by molar-refractivity contribution is -0.119. The smallest absolute Gasteiger partial charge is 0.255 e. The molecule has 3 aromatic rings. The lowest BCUT2D eigenvalue weighted by atomic mass is 10.2. The second-order valence-electron chi connectivity index (χ2n) is 5.71. The molecular formula is C20H19NO6. The quantitative estimate of drug-likeness (QED) is 0.686. The zero-order chi connectivity index (χ0) is 19.4. The molecule has 2 aromatic carbocycles. The molecule has 0 aliphatic rings. The predicted molar refractivity (Wildman–Crippen MR) is 99.6 cm³/mol. The third-order valence-electron chi connectivity index (χ3n) is 3.73. The molecule has 0 saturated heterocycles. The molecule has 7 heteroatoms. The maximum Gasteiger partial charge on any atom is 0.255 e. The number of carbonyl (C=O) groups excluding carboxylic acids is 1. The van der Waals surface area contributed by atoms with Gasteiger partial charge in [-0.1, -0.05) is 12.1 Å². The molecule has 0 spiro atoms. The van der Waals surface area contributed by atoms with E-state index >= 15 is 0 Å². The molecule has 27 heavy (non-hydrogen) atoms. The normalized spacial score (nSPS) is 10.6. The molecule has 0 aliphatic carbocycles. The lowest BCUT2D eigenvalue weighted by Gasteiger charge is -2.13. The SMILES string of the molecule is CCOc1ccccc1Oc1c(C)oc2cc(OCC(N)=O)ccc2c1=O. The van der Waals surface area contributed by atoms with E-state index in [2.05, 4.69) is 0 Å². The Hall–Kier alpha value is -3.48. The van der Waals surface area contributed by atoms with Gasteiger partial charge in [-0.05, 0) is 38.1 Å². The Morgan fingerprint density at radius 1 is 1.11 bits per heavy atom. The summed E-state index contributed by atoms with van der Waals surface area (Å²) in [5.41, 5.74) is 5.07. The van der Waals surface area contributed by atoms with E-state index in [1.165, 1.54) is 6.07 Å². The van der Waals surface area contributed by atoms with Gasteiger partial charge in [0.05, 0.1) is 12.0 Å². The van der Waals surface area contributed by atoms with Gasteiger partial charge in [-0.3, -0.25) is 9.59 Å². The topological polar surface area (TPSA) is 101 Å². The first-order valence-electron chi connectivity index (χ1n) is 8.38. The number of hydrogen-bond donors (Lipinski definition) is 1. The molecular weight excluding hydrogens is 350 g/mol. The van der Waals surface area contributed by atoms with Crippen LogP contribution in [0.3, 0.4) is 0 Å². The maximum atomic E-state index is 12.9. The summed E-state index contributed by atoms with van der Waals surface area (Å²) < 4.78 is 22.3. The van der Waals surface area contributed by atoms with Gasteiger partial charge in [0, 0.05) is 6.07 Å². The number of aryl methyl sites for hydroxylation is 1. The summed E-state index contributed by atoms with van der Waals surface area (Å²) in [6.45, 7) is 3.71. The third kappa shape index (κ3) is 4.03. The largest absolute Gasteiger partial charge is 0.490 e. The van der Waals surface area contributed by atoms with E-state index in [1.54, 1.807) is 37.3 Å². The molecule has 1 aromatic heterocycles. The van der Waals surface area contributed by atoms with E-state index < -0.39 is 5.91 Å². The number of amides is 1. The highest BCUT2D eigenvalue weighted by molar-refractivity contribution is 5.80. The molecule has 0 bridgehead atoms. The van der Waals surface area contributed by atoms with E-state index in [4.69, 9.17) is 24.4 Å². The second kappa shape index (κ2) is 7.82. The zero-order valence-electron chi connectivity index (χ0n) is 15.0. The minimum absolute atomic E-state index is 0.0838. The van der Waals surface area contributed by atoms with Gasteiger partial charge in [0.1, 0.15) is 17.1 Å². The number of primary amides is 1. The van der Waals surface area contributed by atoms with Crippen molar-refractivity contribution in [3.05, 3.63) is 58.4 Å². The van der Waals surface area contributed by atoms with Crippen LogP contribution in [0.2, 0.25) is 0 Å². The average molecular weight is 369 g/mol. The first-order valence-corrected chi connectivity index (χ1v) is 8.38. The highest BCUT2D eigenvalue weighted by atomic mass is 16.5. The Labute approximate surface area is 155 Å². The summed E-state index contributed by atoms with van der Waals surface area (Å²) in [5.74, 6) is 1.14. The van der Waals surface area contributed by atoms with Gasteiger partial charge in [-0.15, -0.1) is 0 Å². The van der Waals surface area contributed by atoms with Crippen LogP contribution in [0, 0.1) is 6.92 Å². The fraction of sp³-hybridized carbons (Fsp3) is 0.200. The number of fused-ring (bicyclic) bond motifs is 1. The molecule has 140 valence electrons. The first-order chi connectivity index (χ1) is 13.0. The summed E-state index contributed by atoms with van der Waals surface area (Å²) in [6.07, 6.45) is 0. The van der Waals surface area contributed by atoms with Gasteiger partial charge in [0.25, 0.3) is 5.91 Å². The number of hydrogen-bond acceptors (Lipinski definition) is 6. The van der Waals surface area contributed by atoms with Crippen LogP contribution in [-0.4, -0.2) is 19.1 Å². The van der Waals surface area contributed by atoms with Crippen LogP contribution in [0.1, 0.15) is 12.7 Å². The van der Waals surface area contributed by atoms with E-state index in [0.29, 0.717) is 40.6 Å². The van der Waals surface area contributed by atoms with Crippen molar-refractivity contribution in [2.45, 2.75) is 13.8 Å². The minimum Gasteiger partial charge on any atom is -0.490 e. The molecule has 0 unspecified atom stereocenters. The fourth-order valence-electron chi connectivity index (χ4n) is 2.55. The van der Waals surface area contributed by atoms with Crippen molar-refractivity contribution in [3.63, 3.8) is 0 Å². The molecule has 0 atom stereocenters. The summed E-state index contributed by atoms with van der Waals surface area (Å²) in [4.78, 5) is 23.7. The summed E-state index contributed by atoms with van der Waals surface area (Å²) >= 11 is 0. The van der Waals surface area contributed by atoms with Gasteiger partial charge in [-0.2, -0.15) is 0 Å². The van der Waals surface area contributed by atoms with E-state index in [1.807, 2.05) is 13.0 Å². The second-order valence-corrected chi connectivity index (χ2v) is 5.71. The number of rotatable bonds is 7. The zero-order valence-corrected chi connectivity index (χ0v) is 15.0. The van der Waals surface area contributed by atoms with Crippen molar-refractivity contribution >= 4 is 16.9 Å². The molecule has 0 aliphatic heterocycles. The Kier molecular flexibility index (Phi) is 5.30. The molecule has 0 radical (unpaired) electrons. The van der Waals surface area contributed by atoms with E-state index in [9.17, 15) is 9.59 Å². The van der Waals surface area contributed by atoms with Gasteiger partial charge in [0.15, 0.2) is 18.1 Å². The number of para-hydroxylation sites is 2. The average Bonchev–Trinajstić information content (AvgIpc) is 2.64. The van der Waals surface area contributed by atoms with Crippen LogP contribution in [0.25, 0.3) is 11.0 Å². The van der Waals surface area contributed by atoms with Crippen LogP contribution in [0.15, 0.2) is 51.7 Å². The summed E-state index contributed by atoms with van der Waals surface area (Å²) in [6, 6.07) is 11.7. The van der Waals surface area contributed by atoms with Crippen molar-refractivity contribution in [1.82, 2.24) is 0 Å². The molecule has 7 nitrogen and oxygen atoms in total. The van der Waals surface area contributed by atoms with Crippen molar-refractivity contribution in [3.8, 4) is 23.0 Å². The van der Waals surface area contributed by atoms with E-state index in [0.717, 1.165) is 0 Å². The molecule has 2 N–H and O–H groups in total. The predicted octanol–water partition coefficient (Wildman–Crippen LogP) is 3.16. The fourth-order valence-corrected chi connectivity index (χ4v) is 2.55. The monoisotopic (exact) mass is 369 g/mol. The number of nitrogens with two attached hydrogens (primary N) is 1. The van der Waals surface area contributed by atoms with Crippen LogP contribution in [-0.2, 0) is 4.79 Å². The number of benzene rings is 2. The van der Waals surface area contributed by atoms with E-state index in [-0.39, 0.29) is 17.8 Å². The number of ether oxygens (including phenoxy) is 3. The van der Waals surface area contributed by atoms with Crippen LogP contribution >= 0.6 is 0 Å². The van der Waals surface area contributed by atoms with Crippen molar-refractivity contribution < 1.29 is 23.4 Å². The van der Waals surface area contributed by atoms with Crippen molar-refractivity contribution in [2.24, 2.45) is 5.73 Å². The lowest BCUT2D eigenvalue weighted by Crippen LogP contribution is -2.20. The van der Waals surface area contributed by atoms with Gasteiger partial charge >= 0.3 is 0 Å². The minimum atomic E-state index is -0.593.